The first-order valence-corrected chi connectivity index (χ1v) is 8.77. The second-order valence-corrected chi connectivity index (χ2v) is 6.66. The Bertz CT molecular complexity index is 672. The summed E-state index contributed by atoms with van der Waals surface area (Å²) in [6.45, 7) is 2.55. The Morgan fingerprint density at radius 3 is 2.92 bits per heavy atom. The van der Waals surface area contributed by atoms with E-state index in [4.69, 9.17) is 0 Å². The predicted octanol–water partition coefficient (Wildman–Crippen LogP) is 2.38. The summed E-state index contributed by atoms with van der Waals surface area (Å²) in [5, 5.41) is 0. The SMILES string of the molecule is O=C([C@H]1CCCN(c2cnccn2)C1)N1CCC[C@@H]1c1ccc[nH]1. The fourth-order valence-corrected chi connectivity index (χ4v) is 3.98. The normalized spacial score (nSPS) is 24.3. The molecule has 2 aliphatic rings. The fraction of sp³-hybridized carbons (Fsp3) is 0.500. The van der Waals surface area contributed by atoms with Gasteiger partial charge in [0.15, 0.2) is 0 Å². The highest BCUT2D eigenvalue weighted by atomic mass is 16.2. The van der Waals surface area contributed by atoms with E-state index in [1.165, 1.54) is 0 Å². The second-order valence-electron chi connectivity index (χ2n) is 6.66. The Balaban J connectivity index is 1.47. The summed E-state index contributed by atoms with van der Waals surface area (Å²) in [7, 11) is 0. The van der Waals surface area contributed by atoms with Gasteiger partial charge in [-0.15, -0.1) is 0 Å². The third-order valence-electron chi connectivity index (χ3n) is 5.16. The number of anilines is 1. The molecule has 2 saturated heterocycles. The number of aromatic nitrogens is 3. The number of carbonyl (C=O) groups is 1. The second kappa shape index (κ2) is 6.63. The summed E-state index contributed by atoms with van der Waals surface area (Å²) in [5.41, 5.74) is 1.16. The molecule has 2 atom stereocenters. The van der Waals surface area contributed by atoms with Crippen molar-refractivity contribution >= 4 is 11.7 Å². The molecule has 4 heterocycles. The zero-order valence-electron chi connectivity index (χ0n) is 13.8. The molecule has 6 heteroatoms. The van der Waals surface area contributed by atoms with Gasteiger partial charge in [0.2, 0.25) is 5.91 Å². The molecule has 0 aliphatic carbocycles. The van der Waals surface area contributed by atoms with Crippen molar-refractivity contribution in [2.75, 3.05) is 24.5 Å². The van der Waals surface area contributed by atoms with Crippen LogP contribution in [0.3, 0.4) is 0 Å². The monoisotopic (exact) mass is 325 g/mol. The molecule has 1 amide bonds. The van der Waals surface area contributed by atoms with Crippen LogP contribution in [-0.2, 0) is 4.79 Å². The average Bonchev–Trinajstić information content (AvgIpc) is 3.33. The lowest BCUT2D eigenvalue weighted by molar-refractivity contribution is -0.136. The van der Waals surface area contributed by atoms with Crippen LogP contribution in [0.5, 0.6) is 0 Å². The van der Waals surface area contributed by atoms with Crippen LogP contribution in [0.15, 0.2) is 36.9 Å². The van der Waals surface area contributed by atoms with Crippen LogP contribution in [0.2, 0.25) is 0 Å². The molecule has 126 valence electrons. The lowest BCUT2D eigenvalue weighted by Crippen LogP contribution is -2.45. The van der Waals surface area contributed by atoms with E-state index in [1.54, 1.807) is 18.6 Å². The van der Waals surface area contributed by atoms with E-state index in [9.17, 15) is 4.79 Å². The number of hydrogen-bond donors (Lipinski definition) is 1. The van der Waals surface area contributed by atoms with Gasteiger partial charge in [-0.25, -0.2) is 4.98 Å². The van der Waals surface area contributed by atoms with Gasteiger partial charge in [0.1, 0.15) is 5.82 Å². The molecular formula is C18H23N5O. The highest BCUT2D eigenvalue weighted by molar-refractivity contribution is 5.80. The van der Waals surface area contributed by atoms with Gasteiger partial charge in [0.25, 0.3) is 0 Å². The molecule has 0 bridgehead atoms. The quantitative estimate of drug-likeness (QED) is 0.941. The molecule has 1 N–H and O–H groups in total. The number of nitrogens with zero attached hydrogens (tertiary/aromatic N) is 4. The summed E-state index contributed by atoms with van der Waals surface area (Å²) in [6.07, 6.45) is 11.2. The van der Waals surface area contributed by atoms with E-state index < -0.39 is 0 Å². The largest absolute Gasteiger partial charge is 0.363 e. The lowest BCUT2D eigenvalue weighted by atomic mass is 9.96. The van der Waals surface area contributed by atoms with E-state index in [1.807, 2.05) is 12.3 Å². The maximum atomic E-state index is 13.1. The van der Waals surface area contributed by atoms with Crippen LogP contribution in [0.25, 0.3) is 0 Å². The number of rotatable bonds is 3. The zero-order chi connectivity index (χ0) is 16.4. The number of H-pyrrole nitrogens is 1. The van der Waals surface area contributed by atoms with E-state index >= 15 is 0 Å². The van der Waals surface area contributed by atoms with E-state index in [2.05, 4.69) is 30.8 Å². The van der Waals surface area contributed by atoms with Crippen molar-refractivity contribution in [3.05, 3.63) is 42.6 Å². The van der Waals surface area contributed by atoms with Gasteiger partial charge in [-0.3, -0.25) is 9.78 Å². The van der Waals surface area contributed by atoms with Crippen LogP contribution in [0, 0.1) is 5.92 Å². The Hall–Kier alpha value is -2.37. The van der Waals surface area contributed by atoms with Crippen molar-refractivity contribution in [2.45, 2.75) is 31.7 Å². The van der Waals surface area contributed by atoms with Gasteiger partial charge in [0, 0.05) is 43.9 Å². The Morgan fingerprint density at radius 2 is 2.12 bits per heavy atom. The Morgan fingerprint density at radius 1 is 1.21 bits per heavy atom. The van der Waals surface area contributed by atoms with E-state index in [-0.39, 0.29) is 12.0 Å². The van der Waals surface area contributed by atoms with Crippen molar-refractivity contribution in [1.82, 2.24) is 19.9 Å². The zero-order valence-corrected chi connectivity index (χ0v) is 13.8. The predicted molar refractivity (Wildman–Crippen MR) is 91.4 cm³/mol. The maximum absolute atomic E-state index is 13.1. The number of carbonyl (C=O) groups excluding carboxylic acids is 1. The molecule has 2 fully saturated rings. The molecule has 24 heavy (non-hydrogen) atoms. The van der Waals surface area contributed by atoms with Crippen molar-refractivity contribution in [3.63, 3.8) is 0 Å². The summed E-state index contributed by atoms with van der Waals surface area (Å²) >= 11 is 0. The van der Waals surface area contributed by atoms with Gasteiger partial charge in [0.05, 0.1) is 18.2 Å². The van der Waals surface area contributed by atoms with Crippen molar-refractivity contribution in [2.24, 2.45) is 5.92 Å². The van der Waals surface area contributed by atoms with Crippen molar-refractivity contribution in [1.29, 1.82) is 0 Å². The van der Waals surface area contributed by atoms with Gasteiger partial charge < -0.3 is 14.8 Å². The molecule has 0 spiro atoms. The van der Waals surface area contributed by atoms with Crippen LogP contribution in [0.1, 0.15) is 37.4 Å². The average molecular weight is 325 g/mol. The molecule has 0 radical (unpaired) electrons. The Kier molecular flexibility index (Phi) is 4.19. The van der Waals surface area contributed by atoms with Crippen LogP contribution in [0.4, 0.5) is 5.82 Å². The number of hydrogen-bond acceptors (Lipinski definition) is 4. The smallest absolute Gasteiger partial charge is 0.228 e. The molecule has 4 rings (SSSR count). The summed E-state index contributed by atoms with van der Waals surface area (Å²) in [4.78, 5) is 29.2. The van der Waals surface area contributed by atoms with Crippen LogP contribution in [-0.4, -0.2) is 45.4 Å². The number of aromatic amines is 1. The molecule has 0 aromatic carbocycles. The third kappa shape index (κ3) is 2.88. The van der Waals surface area contributed by atoms with Crippen molar-refractivity contribution in [3.8, 4) is 0 Å². The topological polar surface area (TPSA) is 65.1 Å². The third-order valence-corrected chi connectivity index (χ3v) is 5.16. The first-order chi connectivity index (χ1) is 11.8. The van der Waals surface area contributed by atoms with E-state index in [0.717, 1.165) is 56.8 Å². The minimum Gasteiger partial charge on any atom is -0.363 e. The minimum atomic E-state index is 0.0521. The molecule has 0 unspecified atom stereocenters. The Labute approximate surface area is 141 Å². The molecular weight excluding hydrogens is 302 g/mol. The number of amides is 1. The molecule has 0 saturated carbocycles. The molecule has 2 aliphatic heterocycles. The first kappa shape index (κ1) is 15.2. The van der Waals surface area contributed by atoms with E-state index in [0.29, 0.717) is 5.91 Å². The van der Waals surface area contributed by atoms with Gasteiger partial charge >= 0.3 is 0 Å². The number of nitrogens with one attached hydrogen (secondary N) is 1. The maximum Gasteiger partial charge on any atom is 0.228 e. The summed E-state index contributed by atoms with van der Waals surface area (Å²) in [6, 6.07) is 4.30. The number of likely N-dealkylation sites (tertiary alicyclic amines) is 1. The fourth-order valence-electron chi connectivity index (χ4n) is 3.98. The highest BCUT2D eigenvalue weighted by Crippen LogP contribution is 2.33. The van der Waals surface area contributed by atoms with Gasteiger partial charge in [-0.2, -0.15) is 0 Å². The van der Waals surface area contributed by atoms with Gasteiger partial charge in [-0.05, 0) is 37.8 Å². The molecule has 2 aromatic heterocycles. The first-order valence-electron chi connectivity index (χ1n) is 8.77. The molecule has 6 nitrogen and oxygen atoms in total. The van der Waals surface area contributed by atoms with Crippen LogP contribution < -0.4 is 4.90 Å². The minimum absolute atomic E-state index is 0.0521. The van der Waals surface area contributed by atoms with Gasteiger partial charge in [-0.1, -0.05) is 0 Å². The standard InChI is InChI=1S/C18H23N5O/c24-18(23-11-3-6-16(23)15-5-1-7-20-15)14-4-2-10-22(13-14)17-12-19-8-9-21-17/h1,5,7-9,12,14,16,20H,2-4,6,10-11,13H2/t14-,16+/m0/s1. The van der Waals surface area contributed by atoms with Crippen LogP contribution >= 0.6 is 0 Å². The summed E-state index contributed by atoms with van der Waals surface area (Å²) < 4.78 is 0. The summed E-state index contributed by atoms with van der Waals surface area (Å²) in [5.74, 6) is 1.22. The number of piperidine rings is 1. The lowest BCUT2D eigenvalue weighted by Gasteiger charge is -2.35. The highest BCUT2D eigenvalue weighted by Gasteiger charge is 2.36. The van der Waals surface area contributed by atoms with Crippen molar-refractivity contribution < 1.29 is 4.79 Å². The molecule has 2 aromatic rings.